The maximum absolute atomic E-state index is 12.0. The van der Waals surface area contributed by atoms with Crippen LogP contribution in [-0.4, -0.2) is 55.1 Å². The van der Waals surface area contributed by atoms with Crippen LogP contribution >= 0.6 is 0 Å². The zero-order valence-electron chi connectivity index (χ0n) is 11.8. The number of hydrogen-bond acceptors (Lipinski definition) is 7. The minimum atomic E-state index is -0.771. The first kappa shape index (κ1) is 14.7. The summed E-state index contributed by atoms with van der Waals surface area (Å²) in [6, 6.07) is 0. The Labute approximate surface area is 125 Å². The molecule has 3 atom stereocenters. The van der Waals surface area contributed by atoms with Crippen molar-refractivity contribution in [3.63, 3.8) is 0 Å². The molecule has 118 valence electrons. The number of nitrogens with zero attached hydrogens (tertiary/aromatic N) is 3. The Balaban J connectivity index is 1.98. The molecular weight excluding hydrogens is 290 g/mol. The second kappa shape index (κ2) is 5.87. The first-order chi connectivity index (χ1) is 10.6. The molecule has 22 heavy (non-hydrogen) atoms. The molecule has 0 bridgehead atoms. The number of aliphatic hydroxyl groups is 2. The number of aromatic amines is 1. The molecule has 0 amide bonds. The third-order valence-corrected chi connectivity index (χ3v) is 3.54. The van der Waals surface area contributed by atoms with E-state index in [1.54, 1.807) is 10.6 Å². The molecule has 4 N–H and O–H groups in total. The van der Waals surface area contributed by atoms with Crippen molar-refractivity contribution in [2.45, 2.75) is 24.9 Å². The van der Waals surface area contributed by atoms with Crippen LogP contribution < -0.4 is 10.9 Å². The second-order valence-corrected chi connectivity index (χ2v) is 5.02. The summed E-state index contributed by atoms with van der Waals surface area (Å²) < 4.78 is 7.16. The van der Waals surface area contributed by atoms with Crippen LogP contribution in [0.1, 0.15) is 12.6 Å². The summed E-state index contributed by atoms with van der Waals surface area (Å²) in [6.07, 6.45) is 1.43. The Morgan fingerprint density at radius 3 is 3.14 bits per heavy atom. The molecule has 1 saturated heterocycles. The highest BCUT2D eigenvalue weighted by molar-refractivity contribution is 5.70. The van der Waals surface area contributed by atoms with Gasteiger partial charge in [-0.2, -0.15) is 4.98 Å². The van der Waals surface area contributed by atoms with E-state index < -0.39 is 18.4 Å². The molecule has 3 rings (SSSR count). The van der Waals surface area contributed by atoms with Gasteiger partial charge in [0.25, 0.3) is 5.56 Å². The smallest absolute Gasteiger partial charge is 0.280 e. The van der Waals surface area contributed by atoms with Gasteiger partial charge < -0.3 is 20.3 Å². The molecule has 2 aromatic rings. The minimum Gasteiger partial charge on any atom is -0.394 e. The van der Waals surface area contributed by atoms with E-state index in [0.717, 1.165) is 0 Å². The van der Waals surface area contributed by atoms with Crippen LogP contribution in [0.15, 0.2) is 23.8 Å². The van der Waals surface area contributed by atoms with Gasteiger partial charge in [0.2, 0.25) is 5.95 Å². The molecule has 1 aliphatic heterocycles. The van der Waals surface area contributed by atoms with Gasteiger partial charge in [-0.1, -0.05) is 6.08 Å². The summed E-state index contributed by atoms with van der Waals surface area (Å²) in [4.78, 5) is 23.0. The molecule has 3 heterocycles. The zero-order chi connectivity index (χ0) is 15.7. The lowest BCUT2D eigenvalue weighted by atomic mass is 10.2. The van der Waals surface area contributed by atoms with Gasteiger partial charge in [-0.25, -0.2) is 4.98 Å². The summed E-state index contributed by atoms with van der Waals surface area (Å²) >= 11 is 0. The fourth-order valence-corrected chi connectivity index (χ4v) is 2.44. The highest BCUT2D eigenvalue weighted by Gasteiger charge is 2.35. The van der Waals surface area contributed by atoms with E-state index in [4.69, 9.17) is 9.84 Å². The standard InChI is InChI=1S/C13H17N5O4/c1-2-3-14-13-16-11-10(12(21)17-13)15-6-18(11)9-4-7(20)8(5-19)22-9/h2,6-9,19-20H,1,3-5H2,(H2,14,16,17,21)/t7-,8-,9-/m1/s1. The molecule has 0 saturated carbocycles. The summed E-state index contributed by atoms with van der Waals surface area (Å²) in [6.45, 7) is 3.76. The Bertz CT molecular complexity index is 740. The summed E-state index contributed by atoms with van der Waals surface area (Å²) in [5.41, 5.74) is 0.174. The lowest BCUT2D eigenvalue weighted by molar-refractivity contribution is -0.0432. The van der Waals surface area contributed by atoms with E-state index in [-0.39, 0.29) is 17.7 Å². The molecule has 0 unspecified atom stereocenters. The van der Waals surface area contributed by atoms with Crippen LogP contribution in [0.25, 0.3) is 11.2 Å². The molecule has 0 aromatic carbocycles. The van der Waals surface area contributed by atoms with Crippen molar-refractivity contribution in [1.82, 2.24) is 19.5 Å². The summed E-state index contributed by atoms with van der Waals surface area (Å²) in [5, 5.41) is 21.9. The van der Waals surface area contributed by atoms with Crippen molar-refractivity contribution >= 4 is 17.1 Å². The zero-order valence-corrected chi connectivity index (χ0v) is 11.8. The van der Waals surface area contributed by atoms with Gasteiger partial charge in [-0.15, -0.1) is 6.58 Å². The van der Waals surface area contributed by atoms with Crippen molar-refractivity contribution in [1.29, 1.82) is 0 Å². The molecule has 1 aliphatic rings. The van der Waals surface area contributed by atoms with Gasteiger partial charge in [-0.05, 0) is 0 Å². The third-order valence-electron chi connectivity index (χ3n) is 3.54. The molecule has 0 spiro atoms. The van der Waals surface area contributed by atoms with Crippen LogP contribution in [0, 0.1) is 0 Å². The van der Waals surface area contributed by atoms with Gasteiger partial charge >= 0.3 is 0 Å². The maximum atomic E-state index is 12.0. The van der Waals surface area contributed by atoms with Crippen molar-refractivity contribution in [3.05, 3.63) is 29.3 Å². The molecule has 9 heteroatoms. The largest absolute Gasteiger partial charge is 0.394 e. The van der Waals surface area contributed by atoms with Crippen LogP contribution in [0.5, 0.6) is 0 Å². The van der Waals surface area contributed by atoms with Crippen LogP contribution in [0.3, 0.4) is 0 Å². The number of ether oxygens (including phenoxy) is 1. The minimum absolute atomic E-state index is 0.190. The fraction of sp³-hybridized carbons (Fsp3) is 0.462. The Morgan fingerprint density at radius 1 is 1.64 bits per heavy atom. The maximum Gasteiger partial charge on any atom is 0.280 e. The van der Waals surface area contributed by atoms with E-state index >= 15 is 0 Å². The number of fused-ring (bicyclic) bond motifs is 1. The summed E-state index contributed by atoms with van der Waals surface area (Å²) in [5.74, 6) is 0.302. The quantitative estimate of drug-likeness (QED) is 0.541. The second-order valence-electron chi connectivity index (χ2n) is 5.02. The number of H-pyrrole nitrogens is 1. The highest BCUT2D eigenvalue weighted by Crippen LogP contribution is 2.30. The Hall–Kier alpha value is -2.23. The third kappa shape index (κ3) is 2.49. The van der Waals surface area contributed by atoms with Gasteiger partial charge in [0.05, 0.1) is 19.0 Å². The van der Waals surface area contributed by atoms with Gasteiger partial charge in [-0.3, -0.25) is 14.3 Å². The molecule has 1 fully saturated rings. The molecule has 9 nitrogen and oxygen atoms in total. The number of anilines is 1. The average Bonchev–Trinajstić information content (AvgIpc) is 3.08. The van der Waals surface area contributed by atoms with Crippen LogP contribution in [0.4, 0.5) is 5.95 Å². The predicted octanol–water partition coefficient (Wildman–Crippen LogP) is -0.642. The summed E-state index contributed by atoms with van der Waals surface area (Å²) in [7, 11) is 0. The van der Waals surface area contributed by atoms with Gasteiger partial charge in [0.1, 0.15) is 12.3 Å². The monoisotopic (exact) mass is 307 g/mol. The first-order valence-electron chi connectivity index (χ1n) is 6.90. The molecule has 0 aliphatic carbocycles. The molecular formula is C13H17N5O4. The topological polar surface area (TPSA) is 125 Å². The first-order valence-corrected chi connectivity index (χ1v) is 6.90. The fourth-order valence-electron chi connectivity index (χ4n) is 2.44. The van der Waals surface area contributed by atoms with Crippen molar-refractivity contribution in [3.8, 4) is 0 Å². The molecule has 2 aromatic heterocycles. The number of aromatic nitrogens is 4. The van der Waals surface area contributed by atoms with E-state index in [1.807, 2.05) is 0 Å². The van der Waals surface area contributed by atoms with E-state index in [0.29, 0.717) is 24.6 Å². The highest BCUT2D eigenvalue weighted by atomic mass is 16.5. The normalized spacial score (nSPS) is 24.7. The van der Waals surface area contributed by atoms with E-state index in [9.17, 15) is 9.90 Å². The lowest BCUT2D eigenvalue weighted by Crippen LogP contribution is -2.24. The van der Waals surface area contributed by atoms with E-state index in [1.165, 1.54) is 6.33 Å². The SMILES string of the molecule is C=CCNc1nc2c(ncn2[C@H]2C[C@@H](O)[C@@H](CO)O2)c(=O)[nH]1. The van der Waals surface area contributed by atoms with Gasteiger partial charge in [0.15, 0.2) is 11.2 Å². The number of rotatable bonds is 5. The average molecular weight is 307 g/mol. The number of imidazole rings is 1. The van der Waals surface area contributed by atoms with Crippen molar-refractivity contribution < 1.29 is 14.9 Å². The number of aliphatic hydroxyl groups excluding tert-OH is 2. The van der Waals surface area contributed by atoms with Gasteiger partial charge in [0, 0.05) is 13.0 Å². The van der Waals surface area contributed by atoms with Crippen molar-refractivity contribution in [2.75, 3.05) is 18.5 Å². The number of nitrogens with one attached hydrogen (secondary N) is 2. The van der Waals surface area contributed by atoms with Crippen LogP contribution in [0.2, 0.25) is 0 Å². The van der Waals surface area contributed by atoms with Crippen molar-refractivity contribution in [2.24, 2.45) is 0 Å². The lowest BCUT2D eigenvalue weighted by Gasteiger charge is -2.13. The predicted molar refractivity (Wildman–Crippen MR) is 78.5 cm³/mol. The van der Waals surface area contributed by atoms with E-state index in [2.05, 4.69) is 26.8 Å². The van der Waals surface area contributed by atoms with Crippen LogP contribution in [-0.2, 0) is 4.74 Å². The number of hydrogen-bond donors (Lipinski definition) is 4. The molecule has 0 radical (unpaired) electrons. The Kier molecular flexibility index (Phi) is 3.92. The Morgan fingerprint density at radius 2 is 2.45 bits per heavy atom.